The van der Waals surface area contributed by atoms with E-state index in [4.69, 9.17) is 23.7 Å². The summed E-state index contributed by atoms with van der Waals surface area (Å²) in [5.74, 6) is 3.91. The second kappa shape index (κ2) is 10.1. The molecule has 0 saturated heterocycles. The van der Waals surface area contributed by atoms with Gasteiger partial charge in [-0.2, -0.15) is 0 Å². The zero-order valence-electron chi connectivity index (χ0n) is 17.6. The summed E-state index contributed by atoms with van der Waals surface area (Å²) in [5, 5.41) is 9.52. The Bertz CT molecular complexity index is 948. The van der Waals surface area contributed by atoms with Gasteiger partial charge < -0.3 is 23.7 Å². The van der Waals surface area contributed by atoms with Crippen molar-refractivity contribution in [3.63, 3.8) is 0 Å². The van der Waals surface area contributed by atoms with Crippen LogP contribution in [0.2, 0.25) is 0 Å². The molecule has 3 rings (SSSR count). The topological polar surface area (TPSA) is 71.9 Å². The SMILES string of the molecule is COc1cc(CSc2ccc(-c3cc(OC)c(OC)c(OC)c3)nn2)cc(OC)c1. The third-order valence-corrected chi connectivity index (χ3v) is 5.39. The lowest BCUT2D eigenvalue weighted by molar-refractivity contribution is 0.324. The fraction of sp³-hybridized carbons (Fsp3) is 0.273. The lowest BCUT2D eigenvalue weighted by atomic mass is 10.1. The van der Waals surface area contributed by atoms with Crippen LogP contribution < -0.4 is 23.7 Å². The molecule has 3 aromatic rings. The van der Waals surface area contributed by atoms with Crippen LogP contribution in [0.1, 0.15) is 5.56 Å². The summed E-state index contributed by atoms with van der Waals surface area (Å²) in [6.45, 7) is 0. The minimum absolute atomic E-state index is 0.539. The summed E-state index contributed by atoms with van der Waals surface area (Å²) in [4.78, 5) is 0. The van der Waals surface area contributed by atoms with Crippen molar-refractivity contribution in [3.8, 4) is 40.0 Å². The van der Waals surface area contributed by atoms with Crippen molar-refractivity contribution in [2.45, 2.75) is 10.8 Å². The van der Waals surface area contributed by atoms with Crippen molar-refractivity contribution in [1.82, 2.24) is 10.2 Å². The van der Waals surface area contributed by atoms with Crippen LogP contribution in [0.3, 0.4) is 0 Å². The molecule has 7 nitrogen and oxygen atoms in total. The predicted molar refractivity (Wildman–Crippen MR) is 116 cm³/mol. The molecular formula is C22H24N2O5S. The van der Waals surface area contributed by atoms with Gasteiger partial charge in [0.15, 0.2) is 11.5 Å². The van der Waals surface area contributed by atoms with Gasteiger partial charge in [-0.3, -0.25) is 0 Å². The molecule has 8 heteroatoms. The molecule has 0 aliphatic heterocycles. The number of ether oxygens (including phenoxy) is 5. The first-order chi connectivity index (χ1) is 14.6. The van der Waals surface area contributed by atoms with Crippen LogP contribution >= 0.6 is 11.8 Å². The zero-order chi connectivity index (χ0) is 21.5. The van der Waals surface area contributed by atoms with E-state index < -0.39 is 0 Å². The van der Waals surface area contributed by atoms with Gasteiger partial charge in [0.05, 0.1) is 41.2 Å². The highest BCUT2D eigenvalue weighted by atomic mass is 32.2. The smallest absolute Gasteiger partial charge is 0.203 e. The minimum Gasteiger partial charge on any atom is -0.497 e. The van der Waals surface area contributed by atoms with E-state index in [9.17, 15) is 0 Å². The van der Waals surface area contributed by atoms with Crippen LogP contribution in [0.4, 0.5) is 0 Å². The van der Waals surface area contributed by atoms with Crippen LogP contribution in [0.5, 0.6) is 28.7 Å². The third kappa shape index (κ3) is 4.88. The van der Waals surface area contributed by atoms with Crippen molar-refractivity contribution >= 4 is 11.8 Å². The van der Waals surface area contributed by atoms with E-state index in [1.165, 1.54) is 0 Å². The lowest BCUT2D eigenvalue weighted by Crippen LogP contribution is -1.97. The highest BCUT2D eigenvalue weighted by Gasteiger charge is 2.15. The number of rotatable bonds is 9. The van der Waals surface area contributed by atoms with Gasteiger partial charge in [-0.15, -0.1) is 10.2 Å². The molecule has 0 bridgehead atoms. The van der Waals surface area contributed by atoms with Crippen LogP contribution in [-0.2, 0) is 5.75 Å². The monoisotopic (exact) mass is 428 g/mol. The summed E-state index contributed by atoms with van der Waals surface area (Å²) < 4.78 is 26.8. The van der Waals surface area contributed by atoms with Crippen LogP contribution in [0.15, 0.2) is 47.5 Å². The Kier molecular flexibility index (Phi) is 7.24. The Morgan fingerprint density at radius 1 is 0.700 bits per heavy atom. The van der Waals surface area contributed by atoms with Gasteiger partial charge in [-0.1, -0.05) is 11.8 Å². The molecule has 0 radical (unpaired) electrons. The summed E-state index contributed by atoms with van der Waals surface area (Å²) >= 11 is 1.58. The van der Waals surface area contributed by atoms with Crippen LogP contribution in [0.25, 0.3) is 11.3 Å². The lowest BCUT2D eigenvalue weighted by Gasteiger charge is -2.13. The van der Waals surface area contributed by atoms with Gasteiger partial charge in [0, 0.05) is 17.4 Å². The molecule has 0 aliphatic rings. The first-order valence-corrected chi connectivity index (χ1v) is 10.1. The second-order valence-corrected chi connectivity index (χ2v) is 7.18. The van der Waals surface area contributed by atoms with Crippen molar-refractivity contribution in [3.05, 3.63) is 48.0 Å². The number of nitrogens with zero attached hydrogens (tertiary/aromatic N) is 2. The minimum atomic E-state index is 0.539. The number of hydrogen-bond acceptors (Lipinski definition) is 8. The van der Waals surface area contributed by atoms with Gasteiger partial charge in [0.25, 0.3) is 0 Å². The van der Waals surface area contributed by atoms with Gasteiger partial charge in [0.2, 0.25) is 5.75 Å². The number of aromatic nitrogens is 2. The molecular weight excluding hydrogens is 404 g/mol. The predicted octanol–water partition coefficient (Wildman–Crippen LogP) is 4.48. The fourth-order valence-corrected chi connectivity index (χ4v) is 3.63. The molecule has 0 atom stereocenters. The average molecular weight is 429 g/mol. The van der Waals surface area contributed by atoms with E-state index in [2.05, 4.69) is 10.2 Å². The Morgan fingerprint density at radius 3 is 1.80 bits per heavy atom. The van der Waals surface area contributed by atoms with E-state index in [1.807, 2.05) is 42.5 Å². The second-order valence-electron chi connectivity index (χ2n) is 6.18. The first kappa shape index (κ1) is 21.6. The number of benzene rings is 2. The highest BCUT2D eigenvalue weighted by Crippen LogP contribution is 2.40. The maximum atomic E-state index is 5.41. The standard InChI is InChI=1S/C22H24N2O5S/c1-25-16-8-14(9-17(12-16)26-2)13-30-21-7-6-18(23-24-21)15-10-19(27-3)22(29-5)20(11-15)28-4/h6-12H,13H2,1-5H3. The Balaban J connectivity index is 1.77. The molecule has 1 aromatic heterocycles. The molecule has 2 aromatic carbocycles. The molecule has 0 saturated carbocycles. The van der Waals surface area contributed by atoms with E-state index in [0.717, 1.165) is 27.7 Å². The molecule has 0 fully saturated rings. The molecule has 0 aliphatic carbocycles. The summed E-state index contributed by atoms with van der Waals surface area (Å²) in [5.41, 5.74) is 2.61. The highest BCUT2D eigenvalue weighted by molar-refractivity contribution is 7.98. The van der Waals surface area contributed by atoms with Gasteiger partial charge in [-0.25, -0.2) is 0 Å². The van der Waals surface area contributed by atoms with E-state index in [-0.39, 0.29) is 0 Å². The van der Waals surface area contributed by atoms with Crippen molar-refractivity contribution < 1.29 is 23.7 Å². The molecule has 0 spiro atoms. The normalized spacial score (nSPS) is 10.4. The van der Waals surface area contributed by atoms with Gasteiger partial charge in [0.1, 0.15) is 16.5 Å². The van der Waals surface area contributed by atoms with Crippen molar-refractivity contribution in [2.24, 2.45) is 0 Å². The van der Waals surface area contributed by atoms with Crippen LogP contribution in [0, 0.1) is 0 Å². The summed E-state index contributed by atoms with van der Waals surface area (Å²) in [6.07, 6.45) is 0. The van der Waals surface area contributed by atoms with Gasteiger partial charge >= 0.3 is 0 Å². The first-order valence-electron chi connectivity index (χ1n) is 9.10. The largest absolute Gasteiger partial charge is 0.497 e. The maximum Gasteiger partial charge on any atom is 0.203 e. The van der Waals surface area contributed by atoms with E-state index in [0.29, 0.717) is 28.7 Å². The summed E-state index contributed by atoms with van der Waals surface area (Å²) in [7, 11) is 8.02. The molecule has 30 heavy (non-hydrogen) atoms. The molecule has 0 unspecified atom stereocenters. The van der Waals surface area contributed by atoms with Crippen molar-refractivity contribution in [1.29, 1.82) is 0 Å². The molecule has 0 N–H and O–H groups in total. The summed E-state index contributed by atoms with van der Waals surface area (Å²) in [6, 6.07) is 13.4. The quantitative estimate of drug-likeness (QED) is 0.462. The zero-order valence-corrected chi connectivity index (χ0v) is 18.4. The van der Waals surface area contributed by atoms with Crippen LogP contribution in [-0.4, -0.2) is 45.7 Å². The molecule has 0 amide bonds. The fourth-order valence-electron chi connectivity index (χ4n) is 2.89. The number of thioether (sulfide) groups is 1. The van der Waals surface area contributed by atoms with Crippen molar-refractivity contribution in [2.75, 3.05) is 35.5 Å². The number of hydrogen-bond donors (Lipinski definition) is 0. The maximum absolute atomic E-state index is 5.41. The Morgan fingerprint density at radius 2 is 1.33 bits per heavy atom. The average Bonchev–Trinajstić information content (AvgIpc) is 2.81. The van der Waals surface area contributed by atoms with E-state index in [1.54, 1.807) is 47.3 Å². The van der Waals surface area contributed by atoms with E-state index >= 15 is 0 Å². The Labute approximate surface area is 180 Å². The molecule has 158 valence electrons. The third-order valence-electron chi connectivity index (χ3n) is 4.40. The number of methoxy groups -OCH3 is 5. The Hall–Kier alpha value is -3.13. The van der Waals surface area contributed by atoms with Gasteiger partial charge in [-0.05, 0) is 42.0 Å². The molecule has 1 heterocycles.